The van der Waals surface area contributed by atoms with E-state index < -0.39 is 44.6 Å². The van der Waals surface area contributed by atoms with Gasteiger partial charge in [-0.3, -0.25) is 19.7 Å². The second-order valence-corrected chi connectivity index (χ2v) is 11.9. The van der Waals surface area contributed by atoms with Crippen molar-refractivity contribution in [1.82, 2.24) is 10.6 Å². The maximum absolute atomic E-state index is 12.8. The summed E-state index contributed by atoms with van der Waals surface area (Å²) in [5, 5.41) is 20.7. The van der Waals surface area contributed by atoms with Crippen molar-refractivity contribution in [2.75, 3.05) is 0 Å². The highest BCUT2D eigenvalue weighted by atomic mass is 32.1. The number of thiophene rings is 2. The van der Waals surface area contributed by atoms with Gasteiger partial charge in [-0.1, -0.05) is 12.1 Å². The first-order valence-corrected chi connectivity index (χ1v) is 14.7. The van der Waals surface area contributed by atoms with Gasteiger partial charge in [-0.2, -0.15) is 0 Å². The fourth-order valence-electron chi connectivity index (χ4n) is 5.01. The SMILES string of the molecule is O=C(Cc1cccs1)N[C@H]1CCC2CC(=O)OB(O2)[C@@H](NC(O)Cc2cccs2)CCC2CC(=O)OB1O2. The Bertz CT molecular complexity index is 1090. The molecule has 0 radical (unpaired) electrons. The predicted octanol–water partition coefficient (Wildman–Crippen LogP) is 1.65. The van der Waals surface area contributed by atoms with Crippen LogP contribution in [0.1, 0.15) is 48.3 Å². The fourth-order valence-corrected chi connectivity index (χ4v) is 6.46. The normalized spacial score (nSPS) is 27.0. The standard InChI is InChI=1S/C24H30B2N2O8S2/c29-21(13-17-3-1-9-37-17)27-19-7-5-15-11-24(32)36-26(34-15)20(28-22(30)14-18-4-2-10-38-18)8-6-16-12-23(31)35-25(19)33-16/h1-4,9-10,15-16,19-21,27,29H,5-8,11-14H2,(H,28,30)/t15?,16?,19-,20-,21?/m0/s1. The van der Waals surface area contributed by atoms with Gasteiger partial charge in [0, 0.05) is 16.2 Å². The van der Waals surface area contributed by atoms with Crippen molar-refractivity contribution in [2.24, 2.45) is 0 Å². The Hall–Kier alpha value is -2.22. The van der Waals surface area contributed by atoms with Crippen LogP contribution in [0.5, 0.6) is 0 Å². The lowest BCUT2D eigenvalue weighted by atomic mass is 9.70. The number of hydrogen-bond donors (Lipinski definition) is 3. The van der Waals surface area contributed by atoms with Gasteiger partial charge in [0.05, 0.1) is 43.4 Å². The van der Waals surface area contributed by atoms with Gasteiger partial charge in [-0.05, 0) is 48.6 Å². The van der Waals surface area contributed by atoms with Crippen LogP contribution in [0.15, 0.2) is 35.0 Å². The number of nitrogens with one attached hydrogen (secondary N) is 2. The molecule has 0 saturated carbocycles. The number of aliphatic hydroxyl groups is 1. The molecule has 5 rings (SSSR count). The molecule has 14 heteroatoms. The summed E-state index contributed by atoms with van der Waals surface area (Å²) in [5.41, 5.74) is 0. The molecule has 2 aromatic rings. The summed E-state index contributed by atoms with van der Waals surface area (Å²) in [6, 6.07) is 7.65. The number of fused-ring (bicyclic) bond motifs is 4. The molecule has 202 valence electrons. The van der Waals surface area contributed by atoms with E-state index in [4.69, 9.17) is 18.6 Å². The monoisotopic (exact) mass is 560 g/mol. The molecule has 5 atom stereocenters. The summed E-state index contributed by atoms with van der Waals surface area (Å²) in [7, 11) is -1.83. The summed E-state index contributed by atoms with van der Waals surface area (Å²) in [6.07, 6.45) is 0.647. The van der Waals surface area contributed by atoms with Crippen molar-refractivity contribution >= 4 is 54.8 Å². The maximum atomic E-state index is 12.8. The third-order valence-electron chi connectivity index (χ3n) is 6.84. The Balaban J connectivity index is 1.30. The minimum absolute atomic E-state index is 0.0742. The lowest BCUT2D eigenvalue weighted by Crippen LogP contribution is -2.58. The molecule has 3 aliphatic rings. The molecule has 1 amide bonds. The Morgan fingerprint density at radius 3 is 2.11 bits per heavy atom. The number of rotatable bonds is 7. The van der Waals surface area contributed by atoms with E-state index in [-0.39, 0.29) is 37.1 Å². The molecule has 4 bridgehead atoms. The molecule has 0 aromatic carbocycles. The van der Waals surface area contributed by atoms with E-state index in [2.05, 4.69) is 10.6 Å². The quantitative estimate of drug-likeness (QED) is 0.342. The summed E-state index contributed by atoms with van der Waals surface area (Å²) in [5.74, 6) is -2.04. The Labute approximate surface area is 229 Å². The van der Waals surface area contributed by atoms with Crippen molar-refractivity contribution in [1.29, 1.82) is 0 Å². The van der Waals surface area contributed by atoms with E-state index in [1.807, 2.05) is 35.0 Å². The van der Waals surface area contributed by atoms with E-state index in [1.54, 1.807) is 11.3 Å². The van der Waals surface area contributed by atoms with Gasteiger partial charge in [0.25, 0.3) is 11.9 Å². The molecule has 3 N–H and O–H groups in total. The fraction of sp³-hybridized carbons (Fsp3) is 0.542. The van der Waals surface area contributed by atoms with Crippen molar-refractivity contribution in [3.63, 3.8) is 0 Å². The van der Waals surface area contributed by atoms with Crippen molar-refractivity contribution in [3.8, 4) is 0 Å². The zero-order chi connectivity index (χ0) is 26.5. The topological polar surface area (TPSA) is 132 Å². The van der Waals surface area contributed by atoms with Crippen molar-refractivity contribution < 1.29 is 38.1 Å². The predicted molar refractivity (Wildman–Crippen MR) is 142 cm³/mol. The summed E-state index contributed by atoms with van der Waals surface area (Å²) >= 11 is 3.05. The Morgan fingerprint density at radius 1 is 0.921 bits per heavy atom. The van der Waals surface area contributed by atoms with Crippen LogP contribution in [0.25, 0.3) is 0 Å². The molecule has 0 aliphatic carbocycles. The number of aliphatic hydroxyl groups excluding tert-OH is 1. The summed E-state index contributed by atoms with van der Waals surface area (Å²) < 4.78 is 23.4. The number of carbonyl (C=O) groups is 3. The molecule has 10 nitrogen and oxygen atoms in total. The number of amides is 1. The van der Waals surface area contributed by atoms with Crippen LogP contribution < -0.4 is 10.6 Å². The van der Waals surface area contributed by atoms with E-state index >= 15 is 0 Å². The van der Waals surface area contributed by atoms with Crippen LogP contribution in [-0.2, 0) is 45.8 Å². The third-order valence-corrected chi connectivity index (χ3v) is 8.61. The second-order valence-electron chi connectivity index (χ2n) is 9.80. The first-order chi connectivity index (χ1) is 18.4. The molecular weight excluding hydrogens is 530 g/mol. The van der Waals surface area contributed by atoms with Crippen molar-refractivity contribution in [2.45, 2.75) is 81.7 Å². The first kappa shape index (κ1) is 27.4. The van der Waals surface area contributed by atoms with Crippen LogP contribution in [0.3, 0.4) is 0 Å². The molecule has 3 aliphatic heterocycles. The highest BCUT2D eigenvalue weighted by Crippen LogP contribution is 2.26. The molecule has 3 fully saturated rings. The van der Waals surface area contributed by atoms with Gasteiger partial charge in [0.2, 0.25) is 5.91 Å². The lowest BCUT2D eigenvalue weighted by molar-refractivity contribution is -0.143. The minimum Gasteiger partial charge on any atom is -0.508 e. The van der Waals surface area contributed by atoms with Gasteiger partial charge in [-0.25, -0.2) is 0 Å². The van der Waals surface area contributed by atoms with Gasteiger partial charge in [0.1, 0.15) is 6.23 Å². The van der Waals surface area contributed by atoms with Crippen LogP contribution in [0, 0.1) is 0 Å². The Morgan fingerprint density at radius 2 is 1.50 bits per heavy atom. The van der Waals surface area contributed by atoms with Gasteiger partial charge < -0.3 is 29.0 Å². The third kappa shape index (κ3) is 7.45. The highest BCUT2D eigenvalue weighted by Gasteiger charge is 2.46. The molecule has 38 heavy (non-hydrogen) atoms. The zero-order valence-corrected chi connectivity index (χ0v) is 22.4. The van der Waals surface area contributed by atoms with Gasteiger partial charge >= 0.3 is 14.2 Å². The lowest BCUT2D eigenvalue weighted by Gasteiger charge is -2.37. The van der Waals surface area contributed by atoms with Crippen LogP contribution in [0.2, 0.25) is 0 Å². The molecule has 3 unspecified atom stereocenters. The first-order valence-electron chi connectivity index (χ1n) is 12.9. The minimum atomic E-state index is -0.935. The van der Waals surface area contributed by atoms with E-state index in [0.717, 1.165) is 9.75 Å². The van der Waals surface area contributed by atoms with Crippen molar-refractivity contribution in [3.05, 3.63) is 44.8 Å². The average molecular weight is 560 g/mol. The number of carbonyl (C=O) groups excluding carboxylic acids is 3. The molecule has 5 heterocycles. The second kappa shape index (κ2) is 12.8. The smallest absolute Gasteiger partial charge is 0.508 e. The molecular formula is C24H30B2N2O8S2. The summed E-state index contributed by atoms with van der Waals surface area (Å²) in [6.45, 7) is 0. The maximum Gasteiger partial charge on any atom is 0.551 e. The van der Waals surface area contributed by atoms with E-state index in [0.29, 0.717) is 32.1 Å². The van der Waals surface area contributed by atoms with E-state index in [1.165, 1.54) is 11.3 Å². The van der Waals surface area contributed by atoms with E-state index in [9.17, 15) is 19.5 Å². The Kier molecular flexibility index (Phi) is 9.18. The molecule has 2 aromatic heterocycles. The number of hydrogen-bond acceptors (Lipinski definition) is 11. The van der Waals surface area contributed by atoms with Crippen LogP contribution in [0.4, 0.5) is 0 Å². The van der Waals surface area contributed by atoms with Crippen LogP contribution >= 0.6 is 22.7 Å². The van der Waals surface area contributed by atoms with Gasteiger partial charge in [-0.15, -0.1) is 22.7 Å². The molecule has 3 saturated heterocycles. The largest absolute Gasteiger partial charge is 0.551 e. The van der Waals surface area contributed by atoms with Gasteiger partial charge in [0.15, 0.2) is 0 Å². The molecule has 0 spiro atoms. The zero-order valence-electron chi connectivity index (χ0n) is 20.8. The average Bonchev–Trinajstić information content (AvgIpc) is 3.57. The van der Waals surface area contributed by atoms with Crippen LogP contribution in [-0.4, -0.2) is 67.5 Å². The summed E-state index contributed by atoms with van der Waals surface area (Å²) in [4.78, 5) is 39.7. The highest BCUT2D eigenvalue weighted by molar-refractivity contribution is 7.10.